The number of aliphatic imine (C=N–C) groups is 1. The lowest BCUT2D eigenvalue weighted by molar-refractivity contribution is 0.0717. The second kappa shape index (κ2) is 8.58. The molecular weight excluding hydrogens is 398 g/mol. The Hall–Kier alpha value is -3.47. The van der Waals surface area contributed by atoms with Crippen LogP contribution < -0.4 is 5.56 Å². The molecule has 0 saturated heterocycles. The van der Waals surface area contributed by atoms with Gasteiger partial charge in [-0.1, -0.05) is 60.2 Å². The average Bonchev–Trinajstić information content (AvgIpc) is 2.82. The summed E-state index contributed by atoms with van der Waals surface area (Å²) in [7, 11) is 0. The molecule has 0 N–H and O–H groups in total. The van der Waals surface area contributed by atoms with Crippen LogP contribution in [0.15, 0.2) is 64.4 Å². The number of fused-ring (bicyclic) bond motifs is 2. The standard InChI is InChI=1S/C27H27N3O2/c1-19-11-13-21(14-12-19)23-22-10-7-15-28-24(22)26(31)30-17-6-5-16-29(27(32)25(23)30)18-20-8-3-2-4-9-20/h2-4,8-9,11-15H,5-7,10,16-18H2,1H3. The topological polar surface area (TPSA) is 54.7 Å². The van der Waals surface area contributed by atoms with Crippen molar-refractivity contribution in [2.75, 3.05) is 6.54 Å². The Balaban J connectivity index is 1.73. The van der Waals surface area contributed by atoms with Crippen molar-refractivity contribution in [1.29, 1.82) is 0 Å². The molecule has 0 saturated carbocycles. The van der Waals surface area contributed by atoms with E-state index in [1.54, 1.807) is 4.57 Å². The molecule has 1 amide bonds. The highest BCUT2D eigenvalue weighted by molar-refractivity contribution is 6.01. The van der Waals surface area contributed by atoms with Crippen LogP contribution in [0.25, 0.3) is 11.1 Å². The summed E-state index contributed by atoms with van der Waals surface area (Å²) in [6.45, 7) is 3.82. The summed E-state index contributed by atoms with van der Waals surface area (Å²) in [6.07, 6.45) is 5.03. The Kier molecular flexibility index (Phi) is 5.48. The highest BCUT2D eigenvalue weighted by atomic mass is 16.2. The number of hydrogen-bond acceptors (Lipinski definition) is 3. The third-order valence-electron chi connectivity index (χ3n) is 6.39. The Bertz CT molecular complexity index is 1240. The first-order valence-electron chi connectivity index (χ1n) is 11.4. The van der Waals surface area contributed by atoms with E-state index in [0.717, 1.165) is 53.5 Å². The monoisotopic (exact) mass is 425 g/mol. The van der Waals surface area contributed by atoms with Gasteiger partial charge in [0, 0.05) is 31.4 Å². The fraction of sp³-hybridized carbons (Fsp3) is 0.296. The van der Waals surface area contributed by atoms with E-state index in [1.807, 2.05) is 41.4 Å². The molecule has 0 aliphatic carbocycles. The Morgan fingerprint density at radius 3 is 2.47 bits per heavy atom. The first kappa shape index (κ1) is 20.4. The maximum atomic E-state index is 14.0. The minimum atomic E-state index is -0.142. The van der Waals surface area contributed by atoms with Crippen molar-refractivity contribution < 1.29 is 4.79 Å². The van der Waals surface area contributed by atoms with Gasteiger partial charge in [0.2, 0.25) is 0 Å². The van der Waals surface area contributed by atoms with Gasteiger partial charge in [0.05, 0.1) is 0 Å². The van der Waals surface area contributed by atoms with Gasteiger partial charge >= 0.3 is 0 Å². The van der Waals surface area contributed by atoms with Crippen LogP contribution in [0, 0.1) is 6.92 Å². The van der Waals surface area contributed by atoms with Crippen LogP contribution >= 0.6 is 0 Å². The van der Waals surface area contributed by atoms with Gasteiger partial charge in [-0.25, -0.2) is 0 Å². The van der Waals surface area contributed by atoms with Gasteiger partial charge in [-0.15, -0.1) is 0 Å². The van der Waals surface area contributed by atoms with Crippen molar-refractivity contribution in [2.24, 2.45) is 4.99 Å². The van der Waals surface area contributed by atoms with Crippen LogP contribution in [0.4, 0.5) is 5.69 Å². The number of amides is 1. The van der Waals surface area contributed by atoms with Gasteiger partial charge in [-0.2, -0.15) is 0 Å². The minimum Gasteiger partial charge on any atom is -0.333 e. The number of carbonyl (C=O) groups is 1. The van der Waals surface area contributed by atoms with Gasteiger partial charge in [0.25, 0.3) is 11.5 Å². The Morgan fingerprint density at radius 1 is 0.938 bits per heavy atom. The van der Waals surface area contributed by atoms with E-state index in [0.29, 0.717) is 31.0 Å². The van der Waals surface area contributed by atoms with Crippen molar-refractivity contribution in [3.63, 3.8) is 0 Å². The molecule has 2 aliphatic rings. The van der Waals surface area contributed by atoms with E-state index in [4.69, 9.17) is 0 Å². The second-order valence-corrected chi connectivity index (χ2v) is 8.64. The maximum Gasteiger partial charge on any atom is 0.277 e. The zero-order valence-corrected chi connectivity index (χ0v) is 18.4. The third kappa shape index (κ3) is 3.68. The highest BCUT2D eigenvalue weighted by Gasteiger charge is 2.31. The van der Waals surface area contributed by atoms with Gasteiger partial charge in [-0.3, -0.25) is 14.6 Å². The van der Waals surface area contributed by atoms with Crippen LogP contribution in [-0.4, -0.2) is 28.1 Å². The van der Waals surface area contributed by atoms with Crippen molar-refractivity contribution in [3.8, 4) is 11.1 Å². The molecule has 32 heavy (non-hydrogen) atoms. The molecule has 0 spiro atoms. The lowest BCUT2D eigenvalue weighted by Crippen LogP contribution is -2.39. The predicted molar refractivity (Wildman–Crippen MR) is 128 cm³/mol. The summed E-state index contributed by atoms with van der Waals surface area (Å²) >= 11 is 0. The van der Waals surface area contributed by atoms with Gasteiger partial charge in [0.1, 0.15) is 11.4 Å². The smallest absolute Gasteiger partial charge is 0.277 e. The molecule has 0 fully saturated rings. The van der Waals surface area contributed by atoms with Crippen LogP contribution in [-0.2, 0) is 19.5 Å². The van der Waals surface area contributed by atoms with E-state index < -0.39 is 0 Å². The van der Waals surface area contributed by atoms with Crippen LogP contribution in [0.1, 0.15) is 46.4 Å². The summed E-state index contributed by atoms with van der Waals surface area (Å²) in [5.74, 6) is -0.0708. The lowest BCUT2D eigenvalue weighted by Gasteiger charge is -2.30. The number of pyridine rings is 1. The van der Waals surface area contributed by atoms with E-state index in [-0.39, 0.29) is 11.5 Å². The normalized spacial score (nSPS) is 15.7. The molecule has 2 aromatic carbocycles. The summed E-state index contributed by atoms with van der Waals surface area (Å²) < 4.78 is 1.69. The first-order valence-corrected chi connectivity index (χ1v) is 11.4. The molecule has 2 aliphatic heterocycles. The van der Waals surface area contributed by atoms with Gasteiger partial charge < -0.3 is 9.47 Å². The highest BCUT2D eigenvalue weighted by Crippen LogP contribution is 2.36. The Morgan fingerprint density at radius 2 is 1.69 bits per heavy atom. The predicted octanol–water partition coefficient (Wildman–Crippen LogP) is 4.91. The quantitative estimate of drug-likeness (QED) is 0.599. The molecule has 0 unspecified atom stereocenters. The average molecular weight is 426 g/mol. The SMILES string of the molecule is Cc1ccc(-c2c3c(c(=O)n4c2C(=O)N(Cc2ccccc2)CCCC4)N=CCC3)cc1. The number of aryl methyl sites for hydroxylation is 1. The molecule has 5 rings (SSSR count). The lowest BCUT2D eigenvalue weighted by atomic mass is 9.91. The summed E-state index contributed by atoms with van der Waals surface area (Å²) in [5.41, 5.74) is 5.88. The van der Waals surface area contributed by atoms with Crippen molar-refractivity contribution >= 4 is 17.8 Å². The number of nitrogens with zero attached hydrogens (tertiary/aromatic N) is 3. The molecule has 3 aromatic rings. The maximum absolute atomic E-state index is 14.0. The first-order chi connectivity index (χ1) is 15.6. The minimum absolute atomic E-state index is 0.0708. The zero-order valence-electron chi connectivity index (χ0n) is 18.4. The molecule has 1 aromatic heterocycles. The van der Waals surface area contributed by atoms with Crippen LogP contribution in [0.5, 0.6) is 0 Å². The number of rotatable bonds is 3. The van der Waals surface area contributed by atoms with Crippen LogP contribution in [0.3, 0.4) is 0 Å². The molecule has 0 bridgehead atoms. The van der Waals surface area contributed by atoms with Crippen molar-refractivity contribution in [2.45, 2.75) is 45.7 Å². The number of benzene rings is 2. The fourth-order valence-corrected chi connectivity index (χ4v) is 4.74. The summed E-state index contributed by atoms with van der Waals surface area (Å²) in [6, 6.07) is 18.3. The van der Waals surface area contributed by atoms with Crippen molar-refractivity contribution in [1.82, 2.24) is 9.47 Å². The van der Waals surface area contributed by atoms with E-state index in [1.165, 1.54) is 0 Å². The molecule has 5 heteroatoms. The van der Waals surface area contributed by atoms with E-state index in [2.05, 4.69) is 36.2 Å². The summed E-state index contributed by atoms with van der Waals surface area (Å²) in [5, 5.41) is 0. The van der Waals surface area contributed by atoms with Gasteiger partial charge in [-0.05, 0) is 49.3 Å². The number of hydrogen-bond donors (Lipinski definition) is 0. The summed E-state index contributed by atoms with van der Waals surface area (Å²) in [4.78, 5) is 33.9. The fourth-order valence-electron chi connectivity index (χ4n) is 4.74. The molecule has 162 valence electrons. The number of carbonyl (C=O) groups excluding carboxylic acids is 1. The molecule has 5 nitrogen and oxygen atoms in total. The second-order valence-electron chi connectivity index (χ2n) is 8.64. The molecular formula is C27H27N3O2. The van der Waals surface area contributed by atoms with Crippen molar-refractivity contribution in [3.05, 3.63) is 87.3 Å². The van der Waals surface area contributed by atoms with Gasteiger partial charge in [0.15, 0.2) is 0 Å². The Labute approximate surface area is 188 Å². The van der Waals surface area contributed by atoms with E-state index >= 15 is 0 Å². The molecule has 0 atom stereocenters. The number of aromatic nitrogens is 1. The third-order valence-corrected chi connectivity index (χ3v) is 6.39. The molecule has 3 heterocycles. The van der Waals surface area contributed by atoms with Crippen LogP contribution in [0.2, 0.25) is 0 Å². The largest absolute Gasteiger partial charge is 0.333 e. The molecule has 0 radical (unpaired) electrons. The zero-order chi connectivity index (χ0) is 22.1. The van der Waals surface area contributed by atoms with E-state index in [9.17, 15) is 9.59 Å².